The summed E-state index contributed by atoms with van der Waals surface area (Å²) in [5, 5.41) is 2.88. The van der Waals surface area contributed by atoms with E-state index in [9.17, 15) is 13.2 Å². The molecule has 3 N–H and O–H groups in total. The first kappa shape index (κ1) is 16.7. The van der Waals surface area contributed by atoms with Crippen molar-refractivity contribution in [2.75, 3.05) is 11.5 Å². The molecule has 0 aromatic carbocycles. The molecule has 1 unspecified atom stereocenters. The second-order valence-corrected chi connectivity index (χ2v) is 8.19. The highest BCUT2D eigenvalue weighted by Crippen LogP contribution is 2.28. The van der Waals surface area contributed by atoms with Crippen LogP contribution in [-0.4, -0.2) is 37.4 Å². The van der Waals surface area contributed by atoms with E-state index < -0.39 is 15.4 Å². The van der Waals surface area contributed by atoms with E-state index in [0.29, 0.717) is 12.8 Å². The predicted octanol–water partition coefficient (Wildman–Crippen LogP) is 0.619. The Bertz CT molecular complexity index is 440. The molecule has 0 bridgehead atoms. The molecule has 2 rings (SSSR count). The number of nitrogens with one attached hydrogen (secondary N) is 1. The van der Waals surface area contributed by atoms with Crippen LogP contribution < -0.4 is 11.1 Å². The Morgan fingerprint density at radius 3 is 2.58 bits per heavy atom. The molecular formula is C12H23ClN2O3S. The summed E-state index contributed by atoms with van der Waals surface area (Å²) in [5.41, 5.74) is 5.35. The molecule has 1 saturated carbocycles. The van der Waals surface area contributed by atoms with Crippen molar-refractivity contribution in [1.82, 2.24) is 5.32 Å². The molecule has 2 aliphatic rings. The third-order valence-electron chi connectivity index (χ3n) is 4.11. The van der Waals surface area contributed by atoms with Crippen molar-refractivity contribution in [3.8, 4) is 0 Å². The van der Waals surface area contributed by atoms with Gasteiger partial charge in [0, 0.05) is 12.5 Å². The zero-order valence-electron chi connectivity index (χ0n) is 11.2. The van der Waals surface area contributed by atoms with Crippen LogP contribution in [0.4, 0.5) is 0 Å². The Labute approximate surface area is 121 Å². The molecule has 3 atom stereocenters. The smallest absolute Gasteiger partial charge is 0.220 e. The largest absolute Gasteiger partial charge is 0.350 e. The summed E-state index contributed by atoms with van der Waals surface area (Å²) >= 11 is 0. The minimum atomic E-state index is -2.98. The van der Waals surface area contributed by atoms with Crippen molar-refractivity contribution in [1.29, 1.82) is 0 Å². The number of sulfone groups is 1. The number of carbonyl (C=O) groups excluding carboxylic acids is 1. The van der Waals surface area contributed by atoms with Crippen LogP contribution in [0.2, 0.25) is 0 Å². The lowest BCUT2D eigenvalue weighted by Crippen LogP contribution is -2.47. The zero-order chi connectivity index (χ0) is 13.4. The van der Waals surface area contributed by atoms with Crippen LogP contribution in [0.5, 0.6) is 0 Å². The van der Waals surface area contributed by atoms with Gasteiger partial charge in [0.25, 0.3) is 0 Å². The Morgan fingerprint density at radius 2 is 2.11 bits per heavy atom. The molecule has 0 spiro atoms. The fourth-order valence-electron chi connectivity index (χ4n) is 3.05. The highest BCUT2D eigenvalue weighted by atomic mass is 35.5. The summed E-state index contributed by atoms with van der Waals surface area (Å²) in [6.07, 6.45) is 4.02. The summed E-state index contributed by atoms with van der Waals surface area (Å²) in [5.74, 6) is 0.429. The number of hydrogen-bond donors (Lipinski definition) is 2. The molecule has 0 aromatic rings. The molecule has 5 nitrogen and oxygen atoms in total. The molecule has 1 saturated heterocycles. The Balaban J connectivity index is 0.00000180. The molecule has 1 amide bonds. The van der Waals surface area contributed by atoms with Gasteiger partial charge in [-0.25, -0.2) is 8.42 Å². The van der Waals surface area contributed by atoms with Gasteiger partial charge in [-0.2, -0.15) is 0 Å². The first-order valence-corrected chi connectivity index (χ1v) is 8.39. The lowest BCUT2D eigenvalue weighted by Gasteiger charge is -2.25. The van der Waals surface area contributed by atoms with E-state index in [1.807, 2.05) is 6.92 Å². The van der Waals surface area contributed by atoms with Crippen molar-refractivity contribution in [2.45, 2.75) is 50.6 Å². The normalized spacial score (nSPS) is 36.7. The predicted molar refractivity (Wildman–Crippen MR) is 77.0 cm³/mol. The number of halogens is 1. The van der Waals surface area contributed by atoms with Crippen LogP contribution in [-0.2, 0) is 14.6 Å². The van der Waals surface area contributed by atoms with E-state index in [4.69, 9.17) is 5.73 Å². The van der Waals surface area contributed by atoms with Crippen molar-refractivity contribution in [2.24, 2.45) is 11.7 Å². The fourth-order valence-corrected chi connectivity index (χ4v) is 5.15. The summed E-state index contributed by atoms with van der Waals surface area (Å²) < 4.78 is 22.9. The Kier molecular flexibility index (Phi) is 5.26. The monoisotopic (exact) mass is 310 g/mol. The van der Waals surface area contributed by atoms with Crippen molar-refractivity contribution in [3.63, 3.8) is 0 Å². The van der Waals surface area contributed by atoms with Crippen molar-refractivity contribution >= 4 is 28.2 Å². The number of carbonyl (C=O) groups is 1. The quantitative estimate of drug-likeness (QED) is 0.799. The van der Waals surface area contributed by atoms with E-state index in [-0.39, 0.29) is 41.8 Å². The van der Waals surface area contributed by atoms with Gasteiger partial charge in [-0.05, 0) is 32.1 Å². The lowest BCUT2D eigenvalue weighted by molar-refractivity contribution is -0.123. The number of hydrogen-bond acceptors (Lipinski definition) is 4. The minimum absolute atomic E-state index is 0. The molecule has 1 aliphatic carbocycles. The molecule has 0 aromatic heterocycles. The van der Waals surface area contributed by atoms with Gasteiger partial charge < -0.3 is 11.1 Å². The molecule has 112 valence electrons. The van der Waals surface area contributed by atoms with Crippen LogP contribution in [0.25, 0.3) is 0 Å². The molecule has 1 heterocycles. The van der Waals surface area contributed by atoms with Gasteiger partial charge >= 0.3 is 0 Å². The maximum absolute atomic E-state index is 12.0. The maximum Gasteiger partial charge on any atom is 0.220 e. The molecule has 2 fully saturated rings. The van der Waals surface area contributed by atoms with Gasteiger partial charge in [0.1, 0.15) is 0 Å². The molecule has 7 heteroatoms. The number of rotatable bonds is 3. The van der Waals surface area contributed by atoms with Gasteiger partial charge in [-0.1, -0.05) is 6.42 Å². The van der Waals surface area contributed by atoms with Crippen molar-refractivity contribution in [3.05, 3.63) is 0 Å². The van der Waals surface area contributed by atoms with E-state index in [0.717, 1.165) is 19.3 Å². The van der Waals surface area contributed by atoms with Gasteiger partial charge in [0.05, 0.1) is 17.0 Å². The Hall–Kier alpha value is -0.330. The summed E-state index contributed by atoms with van der Waals surface area (Å²) in [7, 11) is -2.98. The van der Waals surface area contributed by atoms with Crippen LogP contribution in [0, 0.1) is 5.92 Å². The van der Waals surface area contributed by atoms with Gasteiger partial charge in [-0.15, -0.1) is 12.4 Å². The van der Waals surface area contributed by atoms with Crippen LogP contribution in [0.1, 0.15) is 39.0 Å². The first-order valence-electron chi connectivity index (χ1n) is 6.57. The summed E-state index contributed by atoms with van der Waals surface area (Å²) in [6.45, 7) is 1.81. The third-order valence-corrected chi connectivity index (χ3v) is 6.01. The molecular weight excluding hydrogens is 288 g/mol. The second kappa shape index (κ2) is 5.97. The van der Waals surface area contributed by atoms with Gasteiger partial charge in [0.15, 0.2) is 9.84 Å². The third kappa shape index (κ3) is 4.33. The maximum atomic E-state index is 12.0. The fraction of sp³-hybridized carbons (Fsp3) is 0.917. The van der Waals surface area contributed by atoms with Crippen LogP contribution in [0.3, 0.4) is 0 Å². The Morgan fingerprint density at radius 1 is 1.42 bits per heavy atom. The van der Waals surface area contributed by atoms with Gasteiger partial charge in [-0.3, -0.25) is 4.79 Å². The topological polar surface area (TPSA) is 89.3 Å². The average Bonchev–Trinajstić information content (AvgIpc) is 2.72. The summed E-state index contributed by atoms with van der Waals surface area (Å²) in [6, 6.07) is 0.121. The standard InChI is InChI=1S/C12H22N2O3S.ClH/c1-12(5-6-18(16,17)8-12)14-11(15)7-9-3-2-4-10(9)13;/h9-10H,2-8,13H2,1H3,(H,14,15);1H/t9-,10+,12?;/m0./s1. The second-order valence-electron chi connectivity index (χ2n) is 6.01. The van der Waals surface area contributed by atoms with Gasteiger partial charge in [0.2, 0.25) is 5.91 Å². The zero-order valence-corrected chi connectivity index (χ0v) is 12.9. The highest BCUT2D eigenvalue weighted by molar-refractivity contribution is 7.91. The van der Waals surface area contributed by atoms with E-state index >= 15 is 0 Å². The van der Waals surface area contributed by atoms with Crippen LogP contribution in [0.15, 0.2) is 0 Å². The molecule has 19 heavy (non-hydrogen) atoms. The molecule has 0 radical (unpaired) electrons. The van der Waals surface area contributed by atoms with Crippen LogP contribution >= 0.6 is 12.4 Å². The first-order chi connectivity index (χ1) is 8.30. The number of nitrogens with two attached hydrogens (primary N) is 1. The van der Waals surface area contributed by atoms with E-state index in [2.05, 4.69) is 5.32 Å². The highest BCUT2D eigenvalue weighted by Gasteiger charge is 2.39. The SMILES string of the molecule is CC1(NC(=O)C[C@@H]2CCC[C@H]2N)CCS(=O)(=O)C1.Cl. The van der Waals surface area contributed by atoms with Crippen molar-refractivity contribution < 1.29 is 13.2 Å². The minimum Gasteiger partial charge on any atom is -0.350 e. The van der Waals surface area contributed by atoms with E-state index in [1.54, 1.807) is 0 Å². The van der Waals surface area contributed by atoms with E-state index in [1.165, 1.54) is 0 Å². The lowest BCUT2D eigenvalue weighted by atomic mass is 9.97. The molecule has 1 aliphatic heterocycles. The number of amides is 1. The summed E-state index contributed by atoms with van der Waals surface area (Å²) in [4.78, 5) is 12.0. The average molecular weight is 311 g/mol.